The van der Waals surface area contributed by atoms with Crippen molar-refractivity contribution in [1.29, 1.82) is 5.41 Å². The van der Waals surface area contributed by atoms with E-state index in [0.29, 0.717) is 6.04 Å². The lowest BCUT2D eigenvalue weighted by Crippen LogP contribution is -2.21. The number of thiazole rings is 1. The van der Waals surface area contributed by atoms with E-state index in [4.69, 9.17) is 10.4 Å². The summed E-state index contributed by atoms with van der Waals surface area (Å²) in [5.41, 5.74) is 3.38. The second-order valence-electron chi connectivity index (χ2n) is 6.80. The molecule has 2 heterocycles. The molecule has 6 heteroatoms. The van der Waals surface area contributed by atoms with Crippen LogP contribution in [0.4, 0.5) is 5.13 Å². The number of hydrogen-bond acceptors (Lipinski definition) is 5. The van der Waals surface area contributed by atoms with E-state index in [0.717, 1.165) is 28.6 Å². The molecule has 26 heavy (non-hydrogen) atoms. The number of allylic oxidation sites excluding steroid dienone is 1. The summed E-state index contributed by atoms with van der Waals surface area (Å²) in [5.74, 6) is 0.779. The van der Waals surface area contributed by atoms with Crippen molar-refractivity contribution >= 4 is 39.0 Å². The minimum atomic E-state index is 0.584. The number of nitrogens with one attached hydrogen (secondary N) is 3. The van der Waals surface area contributed by atoms with E-state index in [1.807, 2.05) is 6.20 Å². The van der Waals surface area contributed by atoms with E-state index in [1.165, 1.54) is 48.6 Å². The Bertz CT molecular complexity index is 917. The van der Waals surface area contributed by atoms with Gasteiger partial charge in [-0.2, -0.15) is 0 Å². The van der Waals surface area contributed by atoms with Gasteiger partial charge < -0.3 is 15.7 Å². The third kappa shape index (κ3) is 4.02. The Morgan fingerprint density at radius 2 is 2.15 bits per heavy atom. The summed E-state index contributed by atoms with van der Waals surface area (Å²) in [5, 5.41) is 11.7. The van der Waals surface area contributed by atoms with Crippen LogP contribution in [0.5, 0.6) is 0 Å². The standard InChI is InChI=1S/C20H23N5S/c21-10-4-7-19-22-13-16(23-19)11-14-8-9-17-18(12-14)26-20(25-17)24-15-5-2-1-3-6-15/h4,7-10,12-13,15,21H,1-3,5-6,11H2,(H,22,23)(H,24,25)/b7-4-,21-10?. The van der Waals surface area contributed by atoms with E-state index < -0.39 is 0 Å². The number of nitrogens with zero attached hydrogens (tertiary/aromatic N) is 2. The summed E-state index contributed by atoms with van der Waals surface area (Å²) in [4.78, 5) is 12.3. The van der Waals surface area contributed by atoms with Gasteiger partial charge in [0.1, 0.15) is 5.82 Å². The molecular weight excluding hydrogens is 342 g/mol. The Morgan fingerprint density at radius 3 is 3.00 bits per heavy atom. The first kappa shape index (κ1) is 17.0. The Hall–Kier alpha value is -2.47. The molecule has 3 aromatic rings. The second-order valence-corrected chi connectivity index (χ2v) is 7.83. The quantitative estimate of drug-likeness (QED) is 0.537. The molecule has 0 radical (unpaired) electrons. The van der Waals surface area contributed by atoms with Gasteiger partial charge >= 0.3 is 0 Å². The van der Waals surface area contributed by atoms with Crippen LogP contribution in [-0.4, -0.2) is 27.2 Å². The van der Waals surface area contributed by atoms with Crippen LogP contribution >= 0.6 is 11.3 Å². The molecule has 1 aliphatic rings. The number of H-pyrrole nitrogens is 1. The predicted octanol–water partition coefficient (Wildman–Crippen LogP) is 5.02. The van der Waals surface area contributed by atoms with Gasteiger partial charge in [-0.15, -0.1) is 0 Å². The van der Waals surface area contributed by atoms with E-state index >= 15 is 0 Å². The molecular formula is C20H23N5S. The van der Waals surface area contributed by atoms with Gasteiger partial charge in [0.05, 0.1) is 10.2 Å². The summed E-state index contributed by atoms with van der Waals surface area (Å²) >= 11 is 1.75. The van der Waals surface area contributed by atoms with Crippen LogP contribution in [0.1, 0.15) is 49.2 Å². The fraction of sp³-hybridized carbons (Fsp3) is 0.350. The van der Waals surface area contributed by atoms with Crippen molar-refractivity contribution in [3.63, 3.8) is 0 Å². The van der Waals surface area contributed by atoms with Crippen molar-refractivity contribution in [3.8, 4) is 0 Å². The molecule has 0 amide bonds. The number of anilines is 1. The van der Waals surface area contributed by atoms with Crippen LogP contribution < -0.4 is 5.32 Å². The molecule has 2 aromatic heterocycles. The van der Waals surface area contributed by atoms with Crippen molar-refractivity contribution in [2.75, 3.05) is 5.32 Å². The summed E-state index contributed by atoms with van der Waals surface area (Å²) in [6.45, 7) is 0. The molecule has 0 bridgehead atoms. The maximum absolute atomic E-state index is 7.03. The Morgan fingerprint density at radius 1 is 1.27 bits per heavy atom. The lowest BCUT2D eigenvalue weighted by molar-refractivity contribution is 0.462. The van der Waals surface area contributed by atoms with Gasteiger partial charge in [0.2, 0.25) is 0 Å². The molecule has 1 aromatic carbocycles. The summed E-state index contributed by atoms with van der Waals surface area (Å²) in [6.07, 6.45) is 13.9. The molecule has 0 saturated heterocycles. The van der Waals surface area contributed by atoms with Crippen LogP contribution in [0.3, 0.4) is 0 Å². The van der Waals surface area contributed by atoms with Gasteiger partial charge in [-0.25, -0.2) is 9.97 Å². The lowest BCUT2D eigenvalue weighted by atomic mass is 9.96. The van der Waals surface area contributed by atoms with Crippen LogP contribution in [0.2, 0.25) is 0 Å². The zero-order valence-corrected chi connectivity index (χ0v) is 15.5. The monoisotopic (exact) mass is 365 g/mol. The van der Waals surface area contributed by atoms with Crippen LogP contribution in [0.15, 0.2) is 30.5 Å². The Labute approximate surface area is 157 Å². The van der Waals surface area contributed by atoms with Crippen LogP contribution in [-0.2, 0) is 6.42 Å². The number of rotatable bonds is 6. The number of imidazole rings is 1. The molecule has 0 atom stereocenters. The lowest BCUT2D eigenvalue weighted by Gasteiger charge is -2.22. The molecule has 0 spiro atoms. The van der Waals surface area contributed by atoms with Gasteiger partial charge in [-0.3, -0.25) is 0 Å². The van der Waals surface area contributed by atoms with Crippen molar-refractivity contribution < 1.29 is 0 Å². The molecule has 1 saturated carbocycles. The van der Waals surface area contributed by atoms with Gasteiger partial charge in [-0.05, 0) is 42.7 Å². The highest BCUT2D eigenvalue weighted by Gasteiger charge is 2.15. The van der Waals surface area contributed by atoms with Crippen LogP contribution in [0.25, 0.3) is 16.3 Å². The number of benzene rings is 1. The fourth-order valence-electron chi connectivity index (χ4n) is 3.47. The third-order valence-electron chi connectivity index (χ3n) is 4.78. The van der Waals surface area contributed by atoms with E-state index in [-0.39, 0.29) is 0 Å². The normalized spacial score (nSPS) is 15.7. The highest BCUT2D eigenvalue weighted by Crippen LogP contribution is 2.30. The van der Waals surface area contributed by atoms with Gasteiger partial charge in [-0.1, -0.05) is 36.7 Å². The third-order valence-corrected chi connectivity index (χ3v) is 5.73. The fourth-order valence-corrected chi connectivity index (χ4v) is 4.48. The predicted molar refractivity (Wildman–Crippen MR) is 109 cm³/mol. The van der Waals surface area contributed by atoms with Crippen molar-refractivity contribution in [2.45, 2.75) is 44.6 Å². The first-order valence-corrected chi connectivity index (χ1v) is 9.99. The van der Waals surface area contributed by atoms with Crippen LogP contribution in [0, 0.1) is 5.41 Å². The Balaban J connectivity index is 1.47. The molecule has 5 nitrogen and oxygen atoms in total. The van der Waals surface area contributed by atoms with Crippen molar-refractivity contribution in [3.05, 3.63) is 47.6 Å². The summed E-state index contributed by atoms with van der Waals surface area (Å²) in [6, 6.07) is 7.06. The smallest absolute Gasteiger partial charge is 0.184 e. The van der Waals surface area contributed by atoms with E-state index in [9.17, 15) is 0 Å². The molecule has 134 valence electrons. The molecule has 1 fully saturated rings. The largest absolute Gasteiger partial charge is 0.359 e. The molecule has 0 unspecified atom stereocenters. The zero-order chi connectivity index (χ0) is 17.8. The maximum atomic E-state index is 7.03. The topological polar surface area (TPSA) is 77.5 Å². The average molecular weight is 366 g/mol. The van der Waals surface area contributed by atoms with Crippen molar-refractivity contribution in [1.82, 2.24) is 15.0 Å². The van der Waals surface area contributed by atoms with Crippen molar-refractivity contribution in [2.24, 2.45) is 0 Å². The highest BCUT2D eigenvalue weighted by atomic mass is 32.1. The molecule has 4 rings (SSSR count). The SMILES string of the molecule is N=C/C=C\c1ncc(Cc2ccc3nc(NC4CCCCC4)sc3c2)[nH]1. The molecule has 0 aliphatic heterocycles. The second kappa shape index (κ2) is 7.83. The van der Waals surface area contributed by atoms with Gasteiger partial charge in [0.15, 0.2) is 5.13 Å². The minimum absolute atomic E-state index is 0.584. The Kier molecular flexibility index (Phi) is 5.11. The number of aromatic nitrogens is 3. The highest BCUT2D eigenvalue weighted by molar-refractivity contribution is 7.22. The summed E-state index contributed by atoms with van der Waals surface area (Å²) < 4.78 is 1.23. The first-order chi connectivity index (χ1) is 12.8. The van der Waals surface area contributed by atoms with E-state index in [2.05, 4.69) is 33.5 Å². The van der Waals surface area contributed by atoms with Gasteiger partial charge in [0.25, 0.3) is 0 Å². The van der Waals surface area contributed by atoms with Gasteiger partial charge in [0, 0.05) is 30.6 Å². The zero-order valence-electron chi connectivity index (χ0n) is 14.7. The molecule has 3 N–H and O–H groups in total. The maximum Gasteiger partial charge on any atom is 0.184 e. The average Bonchev–Trinajstić information content (AvgIpc) is 3.26. The number of fused-ring (bicyclic) bond motifs is 1. The first-order valence-electron chi connectivity index (χ1n) is 9.17. The summed E-state index contributed by atoms with van der Waals surface area (Å²) in [7, 11) is 0. The minimum Gasteiger partial charge on any atom is -0.359 e. The number of aromatic amines is 1. The molecule has 1 aliphatic carbocycles. The number of hydrogen-bond donors (Lipinski definition) is 3. The van der Waals surface area contributed by atoms with E-state index in [1.54, 1.807) is 23.5 Å².